The smallest absolute Gasteiger partial charge is 0.410 e. The molecule has 4 rings (SSSR count). The molecule has 0 saturated carbocycles. The van der Waals surface area contributed by atoms with Crippen molar-refractivity contribution in [1.29, 1.82) is 0 Å². The molecule has 0 unspecified atom stereocenters. The van der Waals surface area contributed by atoms with E-state index in [2.05, 4.69) is 6.58 Å². The van der Waals surface area contributed by atoms with E-state index >= 15 is 0 Å². The van der Waals surface area contributed by atoms with E-state index in [0.717, 1.165) is 0 Å². The van der Waals surface area contributed by atoms with Gasteiger partial charge in [-0.2, -0.15) is 0 Å². The molecule has 0 aromatic heterocycles. The van der Waals surface area contributed by atoms with Crippen molar-refractivity contribution >= 4 is 47.2 Å². The van der Waals surface area contributed by atoms with Crippen LogP contribution >= 0.6 is 23.5 Å². The number of fused-ring (bicyclic) bond motifs is 1. The maximum Gasteiger partial charge on any atom is 0.410 e. The number of non-ortho nitro benzene ring substituents is 1. The van der Waals surface area contributed by atoms with E-state index in [1.807, 2.05) is 0 Å². The number of esters is 1. The van der Waals surface area contributed by atoms with Crippen LogP contribution in [0.1, 0.15) is 25.3 Å². The topological polar surface area (TPSA) is 140 Å². The Morgan fingerprint density at radius 2 is 2.08 bits per heavy atom. The van der Waals surface area contributed by atoms with Gasteiger partial charge in [0.2, 0.25) is 5.91 Å². The summed E-state index contributed by atoms with van der Waals surface area (Å²) in [5, 5.41) is 20.8. The maximum atomic E-state index is 13.2. The van der Waals surface area contributed by atoms with Gasteiger partial charge < -0.3 is 19.5 Å². The fourth-order valence-electron chi connectivity index (χ4n) is 4.28. The molecule has 198 valence electrons. The number of likely N-dealkylation sites (tertiary alicyclic amines) is 1. The first-order valence-corrected chi connectivity index (χ1v) is 13.5. The molecule has 0 bridgehead atoms. The molecule has 0 radical (unpaired) electrons. The highest BCUT2D eigenvalue weighted by Crippen LogP contribution is 2.55. The quantitative estimate of drug-likeness (QED) is 0.152. The van der Waals surface area contributed by atoms with Gasteiger partial charge in [-0.1, -0.05) is 31.3 Å². The number of nitro groups is 1. The predicted octanol–water partition coefficient (Wildman–Crippen LogP) is 3.24. The first-order chi connectivity index (χ1) is 17.7. The molecular formula is C24H27N3O8S2. The second kappa shape index (κ2) is 11.6. The van der Waals surface area contributed by atoms with Crippen LogP contribution in [0.15, 0.2) is 46.9 Å². The summed E-state index contributed by atoms with van der Waals surface area (Å²) in [7, 11) is 0. The number of thioether (sulfide) groups is 2. The maximum absolute atomic E-state index is 13.2. The third-order valence-corrected chi connectivity index (χ3v) is 9.15. The molecule has 11 nitrogen and oxygen atoms in total. The number of rotatable bonds is 10. The summed E-state index contributed by atoms with van der Waals surface area (Å²) in [6.07, 6.45) is 1.35. The van der Waals surface area contributed by atoms with Crippen LogP contribution < -0.4 is 0 Å². The predicted molar refractivity (Wildman–Crippen MR) is 137 cm³/mol. The van der Waals surface area contributed by atoms with Gasteiger partial charge in [-0.05, 0) is 30.5 Å². The molecule has 1 aromatic carbocycles. The highest BCUT2D eigenvalue weighted by molar-refractivity contribution is 8.23. The lowest BCUT2D eigenvalue weighted by Gasteiger charge is -2.44. The number of nitrogens with zero attached hydrogens (tertiary/aromatic N) is 3. The number of aliphatic hydroxyl groups excluding tert-OH is 1. The highest BCUT2D eigenvalue weighted by atomic mass is 32.2. The monoisotopic (exact) mass is 549 g/mol. The van der Waals surface area contributed by atoms with Crippen LogP contribution in [0.25, 0.3) is 0 Å². The summed E-state index contributed by atoms with van der Waals surface area (Å²) in [5.41, 5.74) is 0.631. The minimum absolute atomic E-state index is 0.0143. The first-order valence-electron chi connectivity index (χ1n) is 11.8. The fourth-order valence-corrected chi connectivity index (χ4v) is 7.55. The number of hydrogen-bond acceptors (Lipinski definition) is 10. The molecule has 0 aliphatic carbocycles. The Kier molecular flexibility index (Phi) is 8.45. The number of nitro benzene ring substituents is 1. The van der Waals surface area contributed by atoms with E-state index < -0.39 is 34.4 Å². The molecule has 3 aliphatic heterocycles. The van der Waals surface area contributed by atoms with Crippen molar-refractivity contribution in [3.05, 3.63) is 62.5 Å². The Hall–Kier alpha value is -3.03. The summed E-state index contributed by atoms with van der Waals surface area (Å²) in [5.74, 6) is -1.63. The third-order valence-electron chi connectivity index (χ3n) is 6.29. The minimum Gasteiger partial charge on any atom is -0.456 e. The number of ether oxygens (including phenoxy) is 2. The van der Waals surface area contributed by atoms with Gasteiger partial charge in [0.05, 0.1) is 21.2 Å². The molecule has 2 fully saturated rings. The van der Waals surface area contributed by atoms with Gasteiger partial charge in [0, 0.05) is 30.5 Å². The summed E-state index contributed by atoms with van der Waals surface area (Å²) >= 11 is 2.77. The Balaban J connectivity index is 1.47. The molecule has 1 aromatic rings. The van der Waals surface area contributed by atoms with Crippen molar-refractivity contribution < 1.29 is 33.9 Å². The zero-order valence-corrected chi connectivity index (χ0v) is 21.7. The van der Waals surface area contributed by atoms with E-state index in [0.29, 0.717) is 35.7 Å². The van der Waals surface area contributed by atoms with Crippen LogP contribution in [-0.4, -0.2) is 74.2 Å². The normalized spacial score (nSPS) is 23.4. The van der Waals surface area contributed by atoms with Crippen LogP contribution in [0.3, 0.4) is 0 Å². The number of carbonyl (C=O) groups excluding carboxylic acids is 3. The Bertz CT molecular complexity index is 1130. The third kappa shape index (κ3) is 5.63. The van der Waals surface area contributed by atoms with Gasteiger partial charge in [0.25, 0.3) is 5.69 Å². The number of amides is 2. The van der Waals surface area contributed by atoms with Gasteiger partial charge in [-0.25, -0.2) is 9.59 Å². The van der Waals surface area contributed by atoms with E-state index in [1.165, 1.54) is 58.8 Å². The van der Waals surface area contributed by atoms with Crippen molar-refractivity contribution in [2.24, 2.45) is 5.92 Å². The molecule has 3 heterocycles. The highest BCUT2D eigenvalue weighted by Gasteiger charge is 2.58. The van der Waals surface area contributed by atoms with Gasteiger partial charge in [-0.3, -0.25) is 19.8 Å². The van der Waals surface area contributed by atoms with Crippen molar-refractivity contribution in [2.75, 3.05) is 19.7 Å². The zero-order valence-electron chi connectivity index (χ0n) is 20.1. The van der Waals surface area contributed by atoms with Crippen molar-refractivity contribution in [1.82, 2.24) is 9.80 Å². The SMILES string of the molecule is C=CCOC(=O)N1CC[C@H](SC2=C(C(=O)OCc3ccc([N+](=O)[O-])cc3)N3C(=O)[C@@H]([C@@H](O)CC)[C@H]3S2)C1. The van der Waals surface area contributed by atoms with Crippen molar-refractivity contribution in [3.63, 3.8) is 0 Å². The van der Waals surface area contributed by atoms with E-state index in [1.54, 1.807) is 11.8 Å². The lowest BCUT2D eigenvalue weighted by Crippen LogP contribution is -2.61. The summed E-state index contributed by atoms with van der Waals surface area (Å²) in [4.78, 5) is 51.6. The number of aliphatic hydroxyl groups is 1. The van der Waals surface area contributed by atoms with Crippen LogP contribution in [-0.2, 0) is 25.7 Å². The standard InChI is InChI=1S/C24H27N3O8S2/c1-3-11-34-24(31)25-10-9-16(12-25)36-23-19(26-20(29)18(17(28)4-2)21(26)37-23)22(30)35-13-14-5-7-15(8-6-14)27(32)33/h3,5-8,16-18,21,28H,1,4,9-13H2,2H3/t16-,17-,18+,21+/m0/s1. The lowest BCUT2D eigenvalue weighted by molar-refractivity contribution is -0.384. The summed E-state index contributed by atoms with van der Waals surface area (Å²) in [6, 6.07) is 5.66. The van der Waals surface area contributed by atoms with Crippen LogP contribution in [0.2, 0.25) is 0 Å². The molecule has 1 N–H and O–H groups in total. The average Bonchev–Trinajstić information content (AvgIpc) is 3.49. The number of carbonyl (C=O) groups is 3. The van der Waals surface area contributed by atoms with E-state index in [-0.39, 0.29) is 35.8 Å². The molecule has 13 heteroatoms. The second-order valence-electron chi connectivity index (χ2n) is 8.69. The second-order valence-corrected chi connectivity index (χ2v) is 11.4. The lowest BCUT2D eigenvalue weighted by atomic mass is 9.90. The minimum atomic E-state index is -0.815. The van der Waals surface area contributed by atoms with Gasteiger partial charge in [0.1, 0.15) is 18.6 Å². The van der Waals surface area contributed by atoms with Crippen LogP contribution in [0, 0.1) is 16.0 Å². The largest absolute Gasteiger partial charge is 0.456 e. The molecule has 2 saturated heterocycles. The van der Waals surface area contributed by atoms with Crippen LogP contribution in [0.4, 0.5) is 10.5 Å². The molecule has 37 heavy (non-hydrogen) atoms. The molecule has 4 atom stereocenters. The number of hydrogen-bond donors (Lipinski definition) is 1. The van der Waals surface area contributed by atoms with Crippen molar-refractivity contribution in [2.45, 2.75) is 43.1 Å². The molecule has 0 spiro atoms. The Morgan fingerprint density at radius 1 is 1.35 bits per heavy atom. The van der Waals surface area contributed by atoms with Gasteiger partial charge in [0.15, 0.2) is 5.70 Å². The Labute approximate surface area is 222 Å². The van der Waals surface area contributed by atoms with Gasteiger partial charge >= 0.3 is 12.1 Å². The number of benzene rings is 1. The zero-order chi connectivity index (χ0) is 26.7. The first kappa shape index (κ1) is 27.0. The van der Waals surface area contributed by atoms with E-state index in [4.69, 9.17) is 9.47 Å². The molecular weight excluding hydrogens is 522 g/mol. The van der Waals surface area contributed by atoms with Crippen molar-refractivity contribution in [3.8, 4) is 0 Å². The Morgan fingerprint density at radius 3 is 2.73 bits per heavy atom. The van der Waals surface area contributed by atoms with Gasteiger partial charge in [-0.15, -0.1) is 11.8 Å². The molecule has 2 amide bonds. The van der Waals surface area contributed by atoms with Crippen LogP contribution in [0.5, 0.6) is 0 Å². The summed E-state index contributed by atoms with van der Waals surface area (Å²) < 4.78 is 11.2. The number of β-lactam (4-membered cyclic amide) rings is 1. The van der Waals surface area contributed by atoms with E-state index in [9.17, 15) is 29.6 Å². The molecule has 3 aliphatic rings. The average molecular weight is 550 g/mol. The fraction of sp³-hybridized carbons (Fsp3) is 0.458. The summed E-state index contributed by atoms with van der Waals surface area (Å²) in [6.45, 7) is 6.26.